The molecule has 3 rings (SSSR count). The molecule has 142 valence electrons. The molecule has 0 aliphatic heterocycles. The van der Waals surface area contributed by atoms with Crippen LogP contribution in [-0.2, 0) is 14.3 Å². The van der Waals surface area contributed by atoms with Crippen LogP contribution in [-0.4, -0.2) is 25.2 Å². The fourth-order valence-corrected chi connectivity index (χ4v) is 3.52. The molecule has 0 saturated heterocycles. The van der Waals surface area contributed by atoms with Crippen molar-refractivity contribution >= 4 is 46.6 Å². The number of methoxy groups -OCH3 is 2. The molecule has 3 aromatic rings. The zero-order valence-corrected chi connectivity index (χ0v) is 17.0. The molecular formula is C22H18ClNO3S. The number of rotatable bonds is 6. The molecule has 0 amide bonds. The summed E-state index contributed by atoms with van der Waals surface area (Å²) in [6.45, 7) is 0. The first-order chi connectivity index (χ1) is 13.6. The van der Waals surface area contributed by atoms with Crippen LogP contribution in [0.15, 0.2) is 60.2 Å². The minimum absolute atomic E-state index is 0.352. The first-order valence-electron chi connectivity index (χ1n) is 8.42. The highest BCUT2D eigenvalue weighted by Crippen LogP contribution is 2.27. The topological polar surface area (TPSA) is 48.4 Å². The largest absolute Gasteiger partial charge is 0.503 e. The summed E-state index contributed by atoms with van der Waals surface area (Å²) in [5.74, 6) is -0.457. The number of carbonyl (C=O) groups is 1. The van der Waals surface area contributed by atoms with Gasteiger partial charge in [0.15, 0.2) is 0 Å². The predicted octanol–water partition coefficient (Wildman–Crippen LogP) is 5.79. The van der Waals surface area contributed by atoms with Gasteiger partial charge in [-0.3, -0.25) is 0 Å². The lowest BCUT2D eigenvalue weighted by molar-refractivity contribution is -0.133. The summed E-state index contributed by atoms with van der Waals surface area (Å²) in [7, 11) is 2.84. The third kappa shape index (κ3) is 4.68. The number of thiazole rings is 1. The SMILES string of the molecule is CO/C=C(/C(=O)OC)c1ccccc1/C=C/c1csc(-c2ccc(Cl)cc2)n1. The summed E-state index contributed by atoms with van der Waals surface area (Å²) < 4.78 is 9.92. The van der Waals surface area contributed by atoms with Gasteiger partial charge >= 0.3 is 5.97 Å². The van der Waals surface area contributed by atoms with E-state index in [4.69, 9.17) is 21.1 Å². The molecule has 0 spiro atoms. The summed E-state index contributed by atoms with van der Waals surface area (Å²) >= 11 is 7.50. The molecule has 6 heteroatoms. The summed E-state index contributed by atoms with van der Waals surface area (Å²) in [4.78, 5) is 16.7. The third-order valence-electron chi connectivity index (χ3n) is 3.94. The maximum Gasteiger partial charge on any atom is 0.341 e. The summed E-state index contributed by atoms with van der Waals surface area (Å²) in [5, 5.41) is 3.59. The number of aromatic nitrogens is 1. The van der Waals surface area contributed by atoms with Gasteiger partial charge < -0.3 is 9.47 Å². The van der Waals surface area contributed by atoms with Crippen LogP contribution in [0.3, 0.4) is 0 Å². The summed E-state index contributed by atoms with van der Waals surface area (Å²) in [6, 6.07) is 15.1. The van der Waals surface area contributed by atoms with Crippen molar-refractivity contribution in [2.24, 2.45) is 0 Å². The summed E-state index contributed by atoms with van der Waals surface area (Å²) in [5.41, 5.74) is 3.79. The zero-order valence-electron chi connectivity index (χ0n) is 15.4. The van der Waals surface area contributed by atoms with Gasteiger partial charge in [-0.15, -0.1) is 11.3 Å². The average Bonchev–Trinajstić information content (AvgIpc) is 3.20. The average molecular weight is 412 g/mol. The van der Waals surface area contributed by atoms with Gasteiger partial charge in [-0.05, 0) is 29.3 Å². The molecule has 0 N–H and O–H groups in total. The van der Waals surface area contributed by atoms with Gasteiger partial charge in [-0.1, -0.05) is 54.1 Å². The van der Waals surface area contributed by atoms with Crippen molar-refractivity contribution in [3.63, 3.8) is 0 Å². The fourth-order valence-electron chi connectivity index (χ4n) is 2.60. The molecule has 0 bridgehead atoms. The third-order valence-corrected chi connectivity index (χ3v) is 5.10. The Morgan fingerprint density at radius 2 is 1.82 bits per heavy atom. The highest BCUT2D eigenvalue weighted by molar-refractivity contribution is 7.13. The monoisotopic (exact) mass is 411 g/mol. The van der Waals surface area contributed by atoms with Crippen molar-refractivity contribution in [1.29, 1.82) is 0 Å². The Morgan fingerprint density at radius 3 is 2.54 bits per heavy atom. The molecule has 0 saturated carbocycles. The minimum Gasteiger partial charge on any atom is -0.503 e. The molecule has 0 radical (unpaired) electrons. The van der Waals surface area contributed by atoms with Gasteiger partial charge in [0, 0.05) is 16.0 Å². The van der Waals surface area contributed by atoms with E-state index in [1.807, 2.05) is 66.1 Å². The molecule has 4 nitrogen and oxygen atoms in total. The number of nitrogens with zero attached hydrogens (tertiary/aromatic N) is 1. The van der Waals surface area contributed by atoms with E-state index in [1.54, 1.807) is 11.3 Å². The van der Waals surface area contributed by atoms with Crippen LogP contribution in [0, 0.1) is 0 Å². The molecule has 2 aromatic carbocycles. The van der Waals surface area contributed by atoms with E-state index in [0.29, 0.717) is 10.6 Å². The van der Waals surface area contributed by atoms with Crippen molar-refractivity contribution < 1.29 is 14.3 Å². The first-order valence-corrected chi connectivity index (χ1v) is 9.68. The normalized spacial score (nSPS) is 11.6. The quantitative estimate of drug-likeness (QED) is 0.292. The van der Waals surface area contributed by atoms with E-state index in [0.717, 1.165) is 27.4 Å². The van der Waals surface area contributed by atoms with Gasteiger partial charge in [0.05, 0.1) is 26.2 Å². The van der Waals surface area contributed by atoms with Crippen LogP contribution in [0.5, 0.6) is 0 Å². The van der Waals surface area contributed by atoms with Crippen LogP contribution in [0.2, 0.25) is 5.02 Å². The van der Waals surface area contributed by atoms with Gasteiger partial charge in [0.25, 0.3) is 0 Å². The number of halogens is 1. The number of benzene rings is 2. The maximum absolute atomic E-state index is 12.1. The van der Waals surface area contributed by atoms with Crippen LogP contribution in [0.25, 0.3) is 28.3 Å². The second-order valence-corrected chi connectivity index (χ2v) is 7.06. The van der Waals surface area contributed by atoms with Crippen molar-refractivity contribution in [2.75, 3.05) is 14.2 Å². The first kappa shape index (κ1) is 19.9. The van der Waals surface area contributed by atoms with E-state index in [-0.39, 0.29) is 0 Å². The van der Waals surface area contributed by atoms with Crippen LogP contribution in [0.1, 0.15) is 16.8 Å². The number of ether oxygens (including phenoxy) is 2. The van der Waals surface area contributed by atoms with Crippen LogP contribution < -0.4 is 0 Å². The molecule has 0 fully saturated rings. The lowest BCUT2D eigenvalue weighted by Gasteiger charge is -2.08. The van der Waals surface area contributed by atoms with E-state index in [1.165, 1.54) is 20.5 Å². The highest BCUT2D eigenvalue weighted by atomic mass is 35.5. The molecule has 0 aliphatic rings. The Morgan fingerprint density at radius 1 is 1.07 bits per heavy atom. The van der Waals surface area contributed by atoms with Gasteiger partial charge in [-0.2, -0.15) is 0 Å². The Balaban J connectivity index is 1.88. The van der Waals surface area contributed by atoms with Crippen molar-refractivity contribution in [2.45, 2.75) is 0 Å². The van der Waals surface area contributed by atoms with Crippen molar-refractivity contribution in [3.8, 4) is 10.6 Å². The Hall–Kier alpha value is -2.89. The molecular weight excluding hydrogens is 394 g/mol. The molecule has 1 aromatic heterocycles. The fraction of sp³-hybridized carbons (Fsp3) is 0.0909. The molecule has 0 atom stereocenters. The highest BCUT2D eigenvalue weighted by Gasteiger charge is 2.15. The standard InChI is InChI=1S/C22H18ClNO3S/c1-26-13-20(22(25)27-2)19-6-4-3-5-15(19)9-12-18-14-28-21(24-18)16-7-10-17(23)11-8-16/h3-14H,1-2H3/b12-9+,20-13+. The van der Waals surface area contributed by atoms with Gasteiger partial charge in [0.1, 0.15) is 10.6 Å². The maximum atomic E-state index is 12.1. The summed E-state index contributed by atoms with van der Waals surface area (Å²) in [6.07, 6.45) is 5.22. The second kappa shape index (κ2) is 9.35. The Bertz CT molecular complexity index is 1020. The van der Waals surface area contributed by atoms with E-state index < -0.39 is 5.97 Å². The van der Waals surface area contributed by atoms with Crippen molar-refractivity contribution in [1.82, 2.24) is 4.98 Å². The number of carbonyl (C=O) groups excluding carboxylic acids is 1. The Labute approximate surface area is 172 Å². The van der Waals surface area contributed by atoms with E-state index in [9.17, 15) is 4.79 Å². The van der Waals surface area contributed by atoms with Gasteiger partial charge in [0.2, 0.25) is 0 Å². The Kier molecular flexibility index (Phi) is 6.63. The molecule has 0 unspecified atom stereocenters. The lowest BCUT2D eigenvalue weighted by atomic mass is 10.00. The van der Waals surface area contributed by atoms with Crippen molar-refractivity contribution in [3.05, 3.63) is 82.0 Å². The number of hydrogen-bond acceptors (Lipinski definition) is 5. The van der Waals surface area contributed by atoms with Crippen LogP contribution >= 0.6 is 22.9 Å². The lowest BCUT2D eigenvalue weighted by Crippen LogP contribution is -2.05. The number of esters is 1. The van der Waals surface area contributed by atoms with E-state index in [2.05, 4.69) is 4.98 Å². The molecule has 0 aliphatic carbocycles. The number of hydrogen-bond donors (Lipinski definition) is 0. The van der Waals surface area contributed by atoms with E-state index >= 15 is 0 Å². The molecule has 28 heavy (non-hydrogen) atoms. The van der Waals surface area contributed by atoms with Gasteiger partial charge in [-0.25, -0.2) is 9.78 Å². The molecule has 1 heterocycles. The smallest absolute Gasteiger partial charge is 0.341 e. The zero-order chi connectivity index (χ0) is 19.9. The second-order valence-electron chi connectivity index (χ2n) is 5.76. The van der Waals surface area contributed by atoms with Crippen LogP contribution in [0.4, 0.5) is 0 Å². The minimum atomic E-state index is -0.457. The predicted molar refractivity (Wildman–Crippen MR) is 115 cm³/mol.